The summed E-state index contributed by atoms with van der Waals surface area (Å²) < 4.78 is 34.3. The molecule has 0 aromatic heterocycles. The smallest absolute Gasteiger partial charge is 0.462 e. The van der Waals surface area contributed by atoms with Gasteiger partial charge in [0, 0.05) is 12.8 Å². The molecule has 2 unspecified atom stereocenters. The molecule has 1 N–H and O–H groups in total. The zero-order valence-electron chi connectivity index (χ0n) is 40.7. The Labute approximate surface area is 390 Å². The number of ether oxygens (including phenoxy) is 2. The van der Waals surface area contributed by atoms with Crippen molar-refractivity contribution in [2.24, 2.45) is 0 Å². The van der Waals surface area contributed by atoms with E-state index in [4.69, 9.17) is 18.5 Å². The molecule has 0 aliphatic rings. The predicted molar refractivity (Wildman–Crippen MR) is 270 cm³/mol. The van der Waals surface area contributed by atoms with Crippen molar-refractivity contribution in [2.45, 2.75) is 161 Å². The van der Waals surface area contributed by atoms with Gasteiger partial charge < -0.3 is 18.9 Å². The molecule has 0 saturated heterocycles. The first-order valence-electron chi connectivity index (χ1n) is 24.3. The first kappa shape index (κ1) is 60.4. The van der Waals surface area contributed by atoms with Crippen molar-refractivity contribution in [1.29, 1.82) is 0 Å². The lowest BCUT2D eigenvalue weighted by Crippen LogP contribution is -2.37. The van der Waals surface area contributed by atoms with Crippen LogP contribution in [0.3, 0.4) is 0 Å². The SMILES string of the molecule is CC/C=C\C/C=C\C/C=C\C/C=C\C/C=C\C/C=C\C/C=C\C/C=C\CCCCC(=O)OC(COC(=O)CCCCCCC/C=C\C/C=C\CCC)COP(=O)(O)OCC[N+](C)(C)C. The minimum Gasteiger partial charge on any atom is -0.462 e. The topological polar surface area (TPSA) is 108 Å². The highest BCUT2D eigenvalue weighted by Crippen LogP contribution is 2.43. The minimum absolute atomic E-state index is 0.0131. The number of likely N-dealkylation sites (N-methyl/N-ethyl adjacent to an activating group) is 1. The van der Waals surface area contributed by atoms with E-state index >= 15 is 0 Å². The maximum atomic E-state index is 12.7. The van der Waals surface area contributed by atoms with Gasteiger partial charge in [-0.1, -0.05) is 161 Å². The molecule has 10 heteroatoms. The van der Waals surface area contributed by atoms with Gasteiger partial charge in [0.25, 0.3) is 0 Å². The third-order valence-electron chi connectivity index (χ3n) is 9.46. The summed E-state index contributed by atoms with van der Waals surface area (Å²) in [6.07, 6.45) is 62.6. The van der Waals surface area contributed by atoms with Crippen LogP contribution in [0, 0.1) is 0 Å². The monoisotopic (exact) mass is 911 g/mol. The van der Waals surface area contributed by atoms with Crippen molar-refractivity contribution in [3.63, 3.8) is 0 Å². The van der Waals surface area contributed by atoms with Crippen molar-refractivity contribution in [2.75, 3.05) is 47.5 Å². The van der Waals surface area contributed by atoms with E-state index in [1.807, 2.05) is 21.1 Å². The summed E-state index contributed by atoms with van der Waals surface area (Å²) in [6.45, 7) is 4.14. The Hall–Kier alpha value is -3.59. The van der Waals surface area contributed by atoms with Crippen molar-refractivity contribution in [3.05, 3.63) is 122 Å². The molecule has 0 heterocycles. The molecule has 362 valence electrons. The fraction of sp³-hybridized carbons (Fsp3) is 0.593. The van der Waals surface area contributed by atoms with Crippen molar-refractivity contribution in [3.8, 4) is 0 Å². The zero-order chi connectivity index (χ0) is 47.1. The average molecular weight is 911 g/mol. The lowest BCUT2D eigenvalue weighted by Gasteiger charge is -2.24. The number of quaternary nitrogens is 1. The van der Waals surface area contributed by atoms with Gasteiger partial charge in [-0.3, -0.25) is 18.6 Å². The number of carbonyl (C=O) groups is 2. The Morgan fingerprint density at radius 1 is 0.500 bits per heavy atom. The first-order valence-corrected chi connectivity index (χ1v) is 25.8. The number of nitrogens with zero attached hydrogens (tertiary/aromatic N) is 1. The van der Waals surface area contributed by atoms with Crippen LogP contribution in [0.2, 0.25) is 0 Å². The molecule has 0 radical (unpaired) electrons. The van der Waals surface area contributed by atoms with Crippen molar-refractivity contribution in [1.82, 2.24) is 0 Å². The highest BCUT2D eigenvalue weighted by atomic mass is 31.2. The molecule has 0 aliphatic heterocycles. The van der Waals surface area contributed by atoms with E-state index < -0.39 is 32.5 Å². The Morgan fingerprint density at radius 2 is 0.891 bits per heavy atom. The lowest BCUT2D eigenvalue weighted by atomic mass is 10.1. The standard InChI is InChI=1S/C54H88NO8P/c1-6-8-10-12-14-16-18-20-21-22-23-24-25-26-27-28-29-30-31-32-33-35-37-39-41-43-45-47-54(57)63-52(51-62-64(58,59)61-49-48-55(3,4)5)50-60-53(56)46-44-42-40-38-36-34-19-17-15-13-11-9-7-2/h8,10-11,13-14,16-17,19-21,23-24,26-27,29-30,32-33,37,39,52H,6-7,9,12,15,18,22,25,28,31,34-36,38,40-51H2,1-5H3/p+1/b10-8-,13-11-,16-14-,19-17-,21-20-,24-23-,27-26-,30-29-,33-32-,39-37-. The number of hydrogen-bond donors (Lipinski definition) is 1. The number of rotatable bonds is 42. The minimum atomic E-state index is -4.40. The second kappa shape index (κ2) is 44.6. The lowest BCUT2D eigenvalue weighted by molar-refractivity contribution is -0.870. The summed E-state index contributed by atoms with van der Waals surface area (Å²) in [7, 11) is 1.41. The van der Waals surface area contributed by atoms with E-state index in [1.165, 1.54) is 6.42 Å². The van der Waals surface area contributed by atoms with Gasteiger partial charge in [0.2, 0.25) is 0 Å². The third-order valence-corrected chi connectivity index (χ3v) is 10.4. The molecule has 0 fully saturated rings. The van der Waals surface area contributed by atoms with E-state index in [9.17, 15) is 19.0 Å². The molecule has 0 spiro atoms. The van der Waals surface area contributed by atoms with E-state index in [2.05, 4.69) is 135 Å². The molecule has 2 atom stereocenters. The van der Waals surface area contributed by atoms with Gasteiger partial charge in [-0.15, -0.1) is 0 Å². The van der Waals surface area contributed by atoms with Crippen LogP contribution < -0.4 is 0 Å². The van der Waals surface area contributed by atoms with Crippen LogP contribution in [0.1, 0.15) is 155 Å². The molecule has 0 rings (SSSR count). The molecule has 0 aromatic rings. The van der Waals surface area contributed by atoms with Gasteiger partial charge in [-0.05, 0) is 103 Å². The Bertz CT molecular complexity index is 1490. The summed E-state index contributed by atoms with van der Waals surface area (Å²) in [6, 6.07) is 0. The quantitative estimate of drug-likeness (QED) is 0.0212. The van der Waals surface area contributed by atoms with Crippen LogP contribution in [-0.2, 0) is 32.7 Å². The van der Waals surface area contributed by atoms with Crippen molar-refractivity contribution < 1.29 is 42.1 Å². The molecule has 0 bridgehead atoms. The Morgan fingerprint density at radius 3 is 1.36 bits per heavy atom. The number of unbranched alkanes of at least 4 members (excludes halogenated alkanes) is 8. The van der Waals surface area contributed by atoms with E-state index in [0.29, 0.717) is 23.9 Å². The number of phosphoric ester groups is 1. The summed E-state index contributed by atoms with van der Waals surface area (Å²) in [5.74, 6) is -0.880. The fourth-order valence-electron chi connectivity index (χ4n) is 5.71. The van der Waals surface area contributed by atoms with Gasteiger partial charge in [-0.25, -0.2) is 4.57 Å². The summed E-state index contributed by atoms with van der Waals surface area (Å²) in [5.41, 5.74) is 0. The number of allylic oxidation sites excluding steroid dienone is 20. The number of esters is 2. The maximum Gasteiger partial charge on any atom is 0.472 e. The summed E-state index contributed by atoms with van der Waals surface area (Å²) >= 11 is 0. The Kier molecular flexibility index (Phi) is 42.1. The predicted octanol–water partition coefficient (Wildman–Crippen LogP) is 14.5. The second-order valence-electron chi connectivity index (χ2n) is 16.8. The van der Waals surface area contributed by atoms with Crippen LogP contribution in [-0.4, -0.2) is 74.9 Å². The highest BCUT2D eigenvalue weighted by Gasteiger charge is 2.27. The fourth-order valence-corrected chi connectivity index (χ4v) is 6.45. The van der Waals surface area contributed by atoms with Crippen LogP contribution in [0.5, 0.6) is 0 Å². The van der Waals surface area contributed by atoms with E-state index in [0.717, 1.165) is 109 Å². The maximum absolute atomic E-state index is 12.7. The molecule has 64 heavy (non-hydrogen) atoms. The number of carbonyl (C=O) groups excluding carboxylic acids is 2. The van der Waals surface area contributed by atoms with Gasteiger partial charge >= 0.3 is 19.8 Å². The average Bonchev–Trinajstić information content (AvgIpc) is 3.25. The number of hydrogen-bond acceptors (Lipinski definition) is 7. The molecule has 9 nitrogen and oxygen atoms in total. The molecule has 0 amide bonds. The van der Waals surface area contributed by atoms with Gasteiger partial charge in [0.05, 0.1) is 27.7 Å². The van der Waals surface area contributed by atoms with Gasteiger partial charge in [-0.2, -0.15) is 0 Å². The van der Waals surface area contributed by atoms with Crippen LogP contribution in [0.15, 0.2) is 122 Å². The molecular formula is C54H89NO8P+. The zero-order valence-corrected chi connectivity index (χ0v) is 41.6. The molecular weight excluding hydrogens is 822 g/mol. The van der Waals surface area contributed by atoms with Gasteiger partial charge in [0.15, 0.2) is 6.10 Å². The van der Waals surface area contributed by atoms with Crippen LogP contribution in [0.4, 0.5) is 0 Å². The molecule has 0 aliphatic carbocycles. The van der Waals surface area contributed by atoms with E-state index in [-0.39, 0.29) is 26.1 Å². The van der Waals surface area contributed by atoms with E-state index in [1.54, 1.807) is 0 Å². The molecule has 0 saturated carbocycles. The molecule has 0 aromatic carbocycles. The summed E-state index contributed by atoms with van der Waals surface area (Å²) in [4.78, 5) is 35.4. The Balaban J connectivity index is 4.41. The van der Waals surface area contributed by atoms with Crippen LogP contribution in [0.25, 0.3) is 0 Å². The highest BCUT2D eigenvalue weighted by molar-refractivity contribution is 7.47. The third kappa shape index (κ3) is 47.9. The van der Waals surface area contributed by atoms with Crippen molar-refractivity contribution >= 4 is 19.8 Å². The first-order chi connectivity index (χ1) is 31.0. The number of phosphoric acid groups is 1. The second-order valence-corrected chi connectivity index (χ2v) is 18.2. The van der Waals surface area contributed by atoms with Crippen LogP contribution >= 0.6 is 7.82 Å². The normalized spacial score (nSPS) is 14.5. The summed E-state index contributed by atoms with van der Waals surface area (Å²) in [5, 5.41) is 0. The largest absolute Gasteiger partial charge is 0.472 e. The van der Waals surface area contributed by atoms with Gasteiger partial charge in [0.1, 0.15) is 19.8 Å².